The van der Waals surface area contributed by atoms with Gasteiger partial charge >= 0.3 is 0 Å². The third-order valence-electron chi connectivity index (χ3n) is 6.92. The molecule has 0 bridgehead atoms. The molecule has 3 heterocycles. The fraction of sp³-hybridized carbons (Fsp3) is 0.407. The first-order valence-electron chi connectivity index (χ1n) is 11.9. The van der Waals surface area contributed by atoms with Crippen molar-refractivity contribution >= 4 is 28.8 Å². The summed E-state index contributed by atoms with van der Waals surface area (Å²) in [5.41, 5.74) is 3.72. The molecule has 5 heteroatoms. The molecule has 3 aliphatic heterocycles. The molecule has 2 fully saturated rings. The van der Waals surface area contributed by atoms with Crippen LogP contribution in [0.4, 0.5) is 11.4 Å². The maximum atomic E-state index is 13.7. The molecule has 1 unspecified atom stereocenters. The molecule has 0 N–H and O–H groups in total. The first kappa shape index (κ1) is 20.8. The Kier molecular flexibility index (Phi) is 5.73. The number of nitrogens with zero attached hydrogens (tertiary/aromatic N) is 3. The van der Waals surface area contributed by atoms with E-state index in [2.05, 4.69) is 16.7 Å². The molecule has 5 rings (SSSR count). The average molecular weight is 430 g/mol. The first-order valence-corrected chi connectivity index (χ1v) is 11.9. The van der Waals surface area contributed by atoms with Gasteiger partial charge in [-0.3, -0.25) is 9.59 Å². The molecule has 0 saturated carbocycles. The van der Waals surface area contributed by atoms with E-state index in [0.29, 0.717) is 22.9 Å². The molecule has 0 aliphatic carbocycles. The standard InChI is InChI=1S/C27H31N3O2/c1-20-9-8-18-29(19-20)25-24(21-10-4-2-5-11-21)26(31)30(27(25)32)23-14-12-22(13-15-23)28-16-6-3-7-17-28/h2,4-5,10-15,20H,3,6-9,16-19H2,1H3. The topological polar surface area (TPSA) is 43.9 Å². The van der Waals surface area contributed by atoms with Crippen LogP contribution < -0.4 is 9.80 Å². The van der Waals surface area contributed by atoms with Gasteiger partial charge in [0.05, 0.1) is 11.3 Å². The van der Waals surface area contributed by atoms with Crippen LogP contribution in [0.15, 0.2) is 60.3 Å². The fourth-order valence-corrected chi connectivity index (χ4v) is 5.27. The normalized spacial score (nSPS) is 22.2. The molecule has 3 aliphatic rings. The average Bonchev–Trinajstić information content (AvgIpc) is 3.10. The number of likely N-dealkylation sites (tertiary alicyclic amines) is 1. The van der Waals surface area contributed by atoms with Crippen LogP contribution in [0.25, 0.3) is 5.57 Å². The summed E-state index contributed by atoms with van der Waals surface area (Å²) in [5.74, 6) is 0.0860. The molecule has 2 saturated heterocycles. The largest absolute Gasteiger partial charge is 0.372 e. The van der Waals surface area contributed by atoms with Gasteiger partial charge in [-0.15, -0.1) is 0 Å². The zero-order chi connectivity index (χ0) is 22.1. The highest BCUT2D eigenvalue weighted by Crippen LogP contribution is 2.37. The van der Waals surface area contributed by atoms with E-state index in [1.54, 1.807) is 0 Å². The highest BCUT2D eigenvalue weighted by atomic mass is 16.2. The SMILES string of the molecule is CC1CCCN(C2=C(c3ccccc3)C(=O)N(c3ccc(N4CCCCC4)cc3)C2=O)C1. The van der Waals surface area contributed by atoms with Gasteiger partial charge in [-0.1, -0.05) is 37.3 Å². The minimum atomic E-state index is -0.222. The number of rotatable bonds is 4. The first-order chi connectivity index (χ1) is 15.6. The van der Waals surface area contributed by atoms with E-state index in [1.807, 2.05) is 54.6 Å². The lowest BCUT2D eigenvalue weighted by Crippen LogP contribution is -2.39. The maximum absolute atomic E-state index is 13.7. The summed E-state index contributed by atoms with van der Waals surface area (Å²) in [7, 11) is 0. The summed E-state index contributed by atoms with van der Waals surface area (Å²) < 4.78 is 0. The van der Waals surface area contributed by atoms with Crippen LogP contribution >= 0.6 is 0 Å². The number of carbonyl (C=O) groups is 2. The van der Waals surface area contributed by atoms with Crippen molar-refractivity contribution in [2.45, 2.75) is 39.0 Å². The Morgan fingerprint density at radius 3 is 2.06 bits per heavy atom. The van der Waals surface area contributed by atoms with Crippen molar-refractivity contribution in [3.05, 3.63) is 65.9 Å². The Morgan fingerprint density at radius 2 is 1.38 bits per heavy atom. The van der Waals surface area contributed by atoms with Crippen molar-refractivity contribution in [2.75, 3.05) is 36.0 Å². The number of piperidine rings is 2. The summed E-state index contributed by atoms with van der Waals surface area (Å²) in [5, 5.41) is 0. The van der Waals surface area contributed by atoms with Gasteiger partial charge in [0.2, 0.25) is 0 Å². The van der Waals surface area contributed by atoms with Crippen LogP contribution in [0.2, 0.25) is 0 Å². The van der Waals surface area contributed by atoms with E-state index < -0.39 is 0 Å². The zero-order valence-electron chi connectivity index (χ0n) is 18.8. The molecular weight excluding hydrogens is 398 g/mol. The number of hydrogen-bond donors (Lipinski definition) is 0. The third kappa shape index (κ3) is 3.81. The molecule has 2 aromatic rings. The number of amides is 2. The Labute approximate surface area is 190 Å². The summed E-state index contributed by atoms with van der Waals surface area (Å²) in [4.78, 5) is 33.2. The van der Waals surface area contributed by atoms with Gasteiger partial charge in [0.25, 0.3) is 11.8 Å². The third-order valence-corrected chi connectivity index (χ3v) is 6.92. The van der Waals surface area contributed by atoms with Crippen molar-refractivity contribution in [3.63, 3.8) is 0 Å². The summed E-state index contributed by atoms with van der Waals surface area (Å²) in [6.45, 7) is 5.98. The fourth-order valence-electron chi connectivity index (χ4n) is 5.27. The van der Waals surface area contributed by atoms with Crippen molar-refractivity contribution in [2.24, 2.45) is 5.92 Å². The van der Waals surface area contributed by atoms with E-state index in [9.17, 15) is 9.59 Å². The van der Waals surface area contributed by atoms with E-state index in [4.69, 9.17) is 0 Å². The number of imide groups is 1. The lowest BCUT2D eigenvalue weighted by atomic mass is 9.98. The van der Waals surface area contributed by atoms with Crippen molar-refractivity contribution < 1.29 is 9.59 Å². The smallest absolute Gasteiger partial charge is 0.282 e. The van der Waals surface area contributed by atoms with Crippen molar-refractivity contribution in [1.29, 1.82) is 0 Å². The highest BCUT2D eigenvalue weighted by Gasteiger charge is 2.43. The Balaban J connectivity index is 1.49. The Morgan fingerprint density at radius 1 is 0.719 bits per heavy atom. The second-order valence-corrected chi connectivity index (χ2v) is 9.29. The molecule has 0 spiro atoms. The molecule has 166 valence electrons. The van der Waals surface area contributed by atoms with Gasteiger partial charge in [-0.2, -0.15) is 0 Å². The molecule has 2 aromatic carbocycles. The van der Waals surface area contributed by atoms with Crippen LogP contribution in [0.5, 0.6) is 0 Å². The zero-order valence-corrected chi connectivity index (χ0v) is 18.8. The molecule has 2 amide bonds. The molecular formula is C27H31N3O2. The molecule has 1 atom stereocenters. The van der Waals surface area contributed by atoms with Gasteiger partial charge in [0.1, 0.15) is 5.70 Å². The Bertz CT molecular complexity index is 1020. The van der Waals surface area contributed by atoms with Gasteiger partial charge < -0.3 is 9.80 Å². The quantitative estimate of drug-likeness (QED) is 0.661. The maximum Gasteiger partial charge on any atom is 0.282 e. The minimum absolute atomic E-state index is 0.200. The summed E-state index contributed by atoms with van der Waals surface area (Å²) >= 11 is 0. The van der Waals surface area contributed by atoms with Crippen LogP contribution in [-0.4, -0.2) is 42.9 Å². The van der Waals surface area contributed by atoms with Crippen LogP contribution in [0.1, 0.15) is 44.6 Å². The summed E-state index contributed by atoms with van der Waals surface area (Å²) in [6, 6.07) is 17.6. The lowest BCUT2D eigenvalue weighted by Gasteiger charge is -2.33. The molecule has 5 nitrogen and oxygen atoms in total. The van der Waals surface area contributed by atoms with Gasteiger partial charge in [0.15, 0.2) is 0 Å². The molecule has 32 heavy (non-hydrogen) atoms. The van der Waals surface area contributed by atoms with E-state index in [1.165, 1.54) is 24.2 Å². The van der Waals surface area contributed by atoms with Gasteiger partial charge in [-0.05, 0) is 67.9 Å². The Hall–Kier alpha value is -3.08. The molecule has 0 aromatic heterocycles. The van der Waals surface area contributed by atoms with E-state index >= 15 is 0 Å². The predicted molar refractivity (Wildman–Crippen MR) is 128 cm³/mol. The minimum Gasteiger partial charge on any atom is -0.372 e. The molecule has 0 radical (unpaired) electrons. The van der Waals surface area contributed by atoms with Crippen LogP contribution in [-0.2, 0) is 9.59 Å². The lowest BCUT2D eigenvalue weighted by molar-refractivity contribution is -0.120. The van der Waals surface area contributed by atoms with Crippen molar-refractivity contribution in [3.8, 4) is 0 Å². The number of benzene rings is 2. The monoisotopic (exact) mass is 429 g/mol. The summed E-state index contributed by atoms with van der Waals surface area (Å²) in [6.07, 6.45) is 5.92. The van der Waals surface area contributed by atoms with Crippen LogP contribution in [0, 0.1) is 5.92 Å². The second kappa shape index (κ2) is 8.81. The van der Waals surface area contributed by atoms with Crippen LogP contribution in [0.3, 0.4) is 0 Å². The predicted octanol–water partition coefficient (Wildman–Crippen LogP) is 4.69. The van der Waals surface area contributed by atoms with Gasteiger partial charge in [0, 0.05) is 31.9 Å². The van der Waals surface area contributed by atoms with E-state index in [0.717, 1.165) is 50.3 Å². The number of carbonyl (C=O) groups excluding carboxylic acids is 2. The highest BCUT2D eigenvalue weighted by molar-refractivity contribution is 6.45. The number of anilines is 2. The van der Waals surface area contributed by atoms with Crippen molar-refractivity contribution in [1.82, 2.24) is 4.90 Å². The number of hydrogen-bond acceptors (Lipinski definition) is 4. The van der Waals surface area contributed by atoms with E-state index in [-0.39, 0.29) is 11.8 Å². The van der Waals surface area contributed by atoms with Gasteiger partial charge in [-0.25, -0.2) is 4.90 Å². The second-order valence-electron chi connectivity index (χ2n) is 9.29.